The summed E-state index contributed by atoms with van der Waals surface area (Å²) in [6.45, 7) is 2.06. The molecule has 0 unspecified atom stereocenters. The summed E-state index contributed by atoms with van der Waals surface area (Å²) in [5.74, 6) is 0.880. The topological polar surface area (TPSA) is 48.1 Å². The van der Waals surface area contributed by atoms with E-state index >= 15 is 0 Å². The molecule has 0 aliphatic heterocycles. The zero-order valence-corrected chi connectivity index (χ0v) is 10.7. The molecule has 0 atom stereocenters. The van der Waals surface area contributed by atoms with Crippen LogP contribution in [0.15, 0.2) is 33.5 Å². The third kappa shape index (κ3) is 2.48. The molecule has 3 nitrogen and oxygen atoms in total. The minimum atomic E-state index is 0.605. The predicted molar refractivity (Wildman–Crippen MR) is 68.4 cm³/mol. The summed E-state index contributed by atoms with van der Waals surface area (Å²) >= 11 is 3.17. The molecule has 0 radical (unpaired) electrons. The van der Waals surface area contributed by atoms with E-state index in [9.17, 15) is 0 Å². The molecule has 5 heteroatoms. The van der Waals surface area contributed by atoms with Crippen LogP contribution in [-0.2, 0) is 0 Å². The van der Waals surface area contributed by atoms with Crippen LogP contribution < -0.4 is 10.5 Å². The van der Waals surface area contributed by atoms with E-state index in [0.29, 0.717) is 5.13 Å². The van der Waals surface area contributed by atoms with Gasteiger partial charge in [-0.1, -0.05) is 23.1 Å². The molecule has 0 saturated carbocycles. The predicted octanol–water partition coefficient (Wildman–Crippen LogP) is 3.19. The van der Waals surface area contributed by atoms with Gasteiger partial charge >= 0.3 is 0 Å². The number of ether oxygens (including phenoxy) is 1. The first-order chi connectivity index (χ1) is 7.69. The Kier molecular flexibility index (Phi) is 3.36. The minimum absolute atomic E-state index is 0.605. The molecule has 0 bridgehead atoms. The Hall–Kier alpha value is -1.20. The Balaban J connectivity index is 2.21. The average Bonchev–Trinajstić information content (AvgIpc) is 2.67. The number of nitrogens with two attached hydrogens (primary N) is 1. The number of anilines is 1. The first-order valence-electron chi connectivity index (χ1n) is 4.73. The highest BCUT2D eigenvalue weighted by Crippen LogP contribution is 2.35. The van der Waals surface area contributed by atoms with Gasteiger partial charge in [-0.15, -0.1) is 0 Å². The molecule has 84 valence electrons. The maximum Gasteiger partial charge on any atom is 0.181 e. The third-order valence-electron chi connectivity index (χ3n) is 2.10. The molecular weight excluding hydrogens is 240 g/mol. The monoisotopic (exact) mass is 252 g/mol. The smallest absolute Gasteiger partial charge is 0.181 e. The molecule has 16 heavy (non-hydrogen) atoms. The van der Waals surface area contributed by atoms with Gasteiger partial charge in [-0.2, -0.15) is 0 Å². The molecule has 0 amide bonds. The molecule has 2 rings (SSSR count). The summed E-state index contributed by atoms with van der Waals surface area (Å²) in [7, 11) is 1.67. The van der Waals surface area contributed by atoms with Crippen LogP contribution in [0.4, 0.5) is 5.13 Å². The van der Waals surface area contributed by atoms with Crippen LogP contribution in [-0.4, -0.2) is 12.1 Å². The number of nitrogen functional groups attached to an aromatic ring is 1. The van der Waals surface area contributed by atoms with Gasteiger partial charge in [0.25, 0.3) is 0 Å². The van der Waals surface area contributed by atoms with Crippen molar-refractivity contribution in [2.75, 3.05) is 12.8 Å². The standard InChI is InChI=1S/C11H12N2OS2/c1-7-5-8(14-2)3-4-9(7)15-10-6-13-11(12)16-10/h3-6H,1-2H3,(H2,12,13). The zero-order chi connectivity index (χ0) is 11.5. The van der Waals surface area contributed by atoms with Gasteiger partial charge in [0, 0.05) is 4.90 Å². The van der Waals surface area contributed by atoms with Crippen molar-refractivity contribution < 1.29 is 4.74 Å². The number of thiazole rings is 1. The Bertz CT molecular complexity index is 496. The van der Waals surface area contributed by atoms with Crippen LogP contribution >= 0.6 is 23.1 Å². The van der Waals surface area contributed by atoms with Crippen molar-refractivity contribution >= 4 is 28.2 Å². The number of aryl methyl sites for hydroxylation is 1. The molecule has 1 heterocycles. The van der Waals surface area contributed by atoms with Crippen molar-refractivity contribution in [3.8, 4) is 5.75 Å². The number of methoxy groups -OCH3 is 1. The van der Waals surface area contributed by atoms with Gasteiger partial charge in [0.2, 0.25) is 0 Å². The first-order valence-corrected chi connectivity index (χ1v) is 6.36. The Labute approximate surface area is 103 Å². The van der Waals surface area contributed by atoms with Gasteiger partial charge in [-0.25, -0.2) is 4.98 Å². The van der Waals surface area contributed by atoms with Gasteiger partial charge < -0.3 is 10.5 Å². The summed E-state index contributed by atoms with van der Waals surface area (Å²) in [4.78, 5) is 5.23. The van der Waals surface area contributed by atoms with Crippen LogP contribution in [0, 0.1) is 6.92 Å². The lowest BCUT2D eigenvalue weighted by atomic mass is 10.2. The fourth-order valence-electron chi connectivity index (χ4n) is 1.29. The molecule has 0 aliphatic rings. The summed E-state index contributed by atoms with van der Waals surface area (Å²) < 4.78 is 6.27. The highest BCUT2D eigenvalue weighted by Gasteiger charge is 2.05. The van der Waals surface area contributed by atoms with Gasteiger partial charge in [0.1, 0.15) is 5.75 Å². The molecule has 1 aromatic carbocycles. The van der Waals surface area contributed by atoms with Gasteiger partial charge in [0.15, 0.2) is 5.13 Å². The van der Waals surface area contributed by atoms with Crippen LogP contribution in [0.5, 0.6) is 5.75 Å². The second-order valence-electron chi connectivity index (χ2n) is 3.25. The fourth-order valence-corrected chi connectivity index (χ4v) is 3.08. The summed E-state index contributed by atoms with van der Waals surface area (Å²) in [6.07, 6.45) is 1.80. The lowest BCUT2D eigenvalue weighted by Gasteiger charge is -2.05. The zero-order valence-electron chi connectivity index (χ0n) is 9.06. The minimum Gasteiger partial charge on any atom is -0.497 e. The average molecular weight is 252 g/mol. The van der Waals surface area contributed by atoms with E-state index in [1.165, 1.54) is 21.8 Å². The number of hydrogen-bond acceptors (Lipinski definition) is 5. The van der Waals surface area contributed by atoms with Gasteiger partial charge in [-0.05, 0) is 30.7 Å². The van der Waals surface area contributed by atoms with E-state index in [2.05, 4.69) is 18.0 Å². The van der Waals surface area contributed by atoms with Crippen molar-refractivity contribution in [3.05, 3.63) is 30.0 Å². The third-order valence-corrected chi connectivity index (χ3v) is 4.20. The molecule has 0 saturated heterocycles. The number of nitrogens with zero attached hydrogens (tertiary/aromatic N) is 1. The van der Waals surface area contributed by atoms with Crippen molar-refractivity contribution in [3.63, 3.8) is 0 Å². The van der Waals surface area contributed by atoms with E-state index in [1.807, 2.05) is 12.1 Å². The van der Waals surface area contributed by atoms with Crippen molar-refractivity contribution in [1.29, 1.82) is 0 Å². The second kappa shape index (κ2) is 4.76. The lowest BCUT2D eigenvalue weighted by Crippen LogP contribution is -1.85. The Morgan fingerprint density at radius 2 is 2.25 bits per heavy atom. The fraction of sp³-hybridized carbons (Fsp3) is 0.182. The number of rotatable bonds is 3. The van der Waals surface area contributed by atoms with Crippen LogP contribution in [0.2, 0.25) is 0 Å². The second-order valence-corrected chi connectivity index (χ2v) is 5.66. The summed E-state index contributed by atoms with van der Waals surface area (Å²) in [6, 6.07) is 6.03. The van der Waals surface area contributed by atoms with Gasteiger partial charge in [-0.3, -0.25) is 0 Å². The summed E-state index contributed by atoms with van der Waals surface area (Å²) in [5, 5.41) is 0.605. The quantitative estimate of drug-likeness (QED) is 0.911. The maximum absolute atomic E-state index is 5.59. The number of aromatic nitrogens is 1. The maximum atomic E-state index is 5.59. The van der Waals surface area contributed by atoms with Crippen LogP contribution in [0.25, 0.3) is 0 Å². The van der Waals surface area contributed by atoms with Crippen LogP contribution in [0.1, 0.15) is 5.56 Å². The van der Waals surface area contributed by atoms with E-state index in [0.717, 1.165) is 9.96 Å². The van der Waals surface area contributed by atoms with E-state index in [4.69, 9.17) is 10.5 Å². The summed E-state index contributed by atoms with van der Waals surface area (Å²) in [5.41, 5.74) is 6.78. The lowest BCUT2D eigenvalue weighted by molar-refractivity contribution is 0.414. The van der Waals surface area contributed by atoms with E-state index in [-0.39, 0.29) is 0 Å². The highest BCUT2D eigenvalue weighted by molar-refractivity contribution is 8.01. The molecule has 0 fully saturated rings. The van der Waals surface area contributed by atoms with Crippen LogP contribution in [0.3, 0.4) is 0 Å². The van der Waals surface area contributed by atoms with Gasteiger partial charge in [0.05, 0.1) is 17.5 Å². The first kappa shape index (κ1) is 11.3. The SMILES string of the molecule is COc1ccc(Sc2cnc(N)s2)c(C)c1. The molecule has 0 aliphatic carbocycles. The van der Waals surface area contributed by atoms with Crippen molar-refractivity contribution in [2.45, 2.75) is 16.0 Å². The van der Waals surface area contributed by atoms with Crippen molar-refractivity contribution in [1.82, 2.24) is 4.98 Å². The number of hydrogen-bond donors (Lipinski definition) is 1. The molecular formula is C11H12N2OS2. The number of benzene rings is 1. The molecule has 2 N–H and O–H groups in total. The largest absolute Gasteiger partial charge is 0.497 e. The van der Waals surface area contributed by atoms with E-state index < -0.39 is 0 Å². The Morgan fingerprint density at radius 1 is 1.44 bits per heavy atom. The Morgan fingerprint density at radius 3 is 2.81 bits per heavy atom. The van der Waals surface area contributed by atoms with E-state index in [1.54, 1.807) is 25.1 Å². The molecule has 2 aromatic rings. The normalized spacial score (nSPS) is 10.4. The molecule has 0 spiro atoms. The van der Waals surface area contributed by atoms with Crippen molar-refractivity contribution in [2.24, 2.45) is 0 Å². The molecule has 1 aromatic heterocycles. The highest BCUT2D eigenvalue weighted by atomic mass is 32.2.